The van der Waals surface area contributed by atoms with E-state index < -0.39 is 0 Å². The molecule has 0 N–H and O–H groups in total. The molecule has 1 heteroatoms. The van der Waals surface area contributed by atoms with E-state index in [2.05, 4.69) is 31.2 Å². The van der Waals surface area contributed by atoms with Crippen molar-refractivity contribution in [3.05, 3.63) is 60.2 Å². The molecule has 0 saturated heterocycles. The number of carbonyl (C=O) groups is 1. The highest BCUT2D eigenvalue weighted by Crippen LogP contribution is 2.26. The van der Waals surface area contributed by atoms with Crippen molar-refractivity contribution in [2.75, 3.05) is 0 Å². The van der Waals surface area contributed by atoms with Gasteiger partial charge in [0, 0.05) is 5.92 Å². The van der Waals surface area contributed by atoms with Crippen molar-refractivity contribution in [1.82, 2.24) is 0 Å². The van der Waals surface area contributed by atoms with E-state index in [4.69, 9.17) is 0 Å². The summed E-state index contributed by atoms with van der Waals surface area (Å²) >= 11 is 0. The number of hydrogen-bond acceptors (Lipinski definition) is 1. The number of ketones is 1. The van der Waals surface area contributed by atoms with Crippen molar-refractivity contribution in [2.24, 2.45) is 0 Å². The molecule has 0 spiro atoms. The summed E-state index contributed by atoms with van der Waals surface area (Å²) < 4.78 is 0. The maximum Gasteiger partial charge on any atom is 0.137 e. The largest absolute Gasteiger partial charge is 0.299 e. The third kappa shape index (κ3) is 2.67. The Morgan fingerprint density at radius 3 is 2.28 bits per heavy atom. The van der Waals surface area contributed by atoms with Gasteiger partial charge in [0.05, 0.1) is 0 Å². The van der Waals surface area contributed by atoms with Gasteiger partial charge in [0.15, 0.2) is 0 Å². The van der Waals surface area contributed by atoms with E-state index in [1.165, 1.54) is 11.1 Å². The first-order chi connectivity index (χ1) is 8.72. The highest BCUT2D eigenvalue weighted by molar-refractivity contribution is 5.83. The van der Waals surface area contributed by atoms with Gasteiger partial charge >= 0.3 is 0 Å². The Labute approximate surface area is 108 Å². The molecule has 0 fully saturated rings. The summed E-state index contributed by atoms with van der Waals surface area (Å²) in [4.78, 5) is 11.6. The van der Waals surface area contributed by atoms with E-state index in [9.17, 15) is 4.79 Å². The van der Waals surface area contributed by atoms with Crippen LogP contribution in [0.4, 0.5) is 0 Å². The summed E-state index contributed by atoms with van der Waals surface area (Å²) in [5.41, 5.74) is 3.48. The van der Waals surface area contributed by atoms with Crippen LogP contribution in [-0.2, 0) is 4.79 Å². The normalized spacial score (nSPS) is 12.1. The second-order valence-corrected chi connectivity index (χ2v) is 4.56. The van der Waals surface area contributed by atoms with Crippen molar-refractivity contribution < 1.29 is 4.79 Å². The number of hydrogen-bond donors (Lipinski definition) is 0. The van der Waals surface area contributed by atoms with Gasteiger partial charge in [0.1, 0.15) is 5.78 Å². The zero-order chi connectivity index (χ0) is 13.0. The van der Waals surface area contributed by atoms with Crippen molar-refractivity contribution in [3.63, 3.8) is 0 Å². The van der Waals surface area contributed by atoms with Crippen molar-refractivity contribution in [3.8, 4) is 11.1 Å². The summed E-state index contributed by atoms with van der Waals surface area (Å²) in [6.45, 7) is 3.73. The smallest absolute Gasteiger partial charge is 0.137 e. The molecule has 0 saturated carbocycles. The molecule has 1 nitrogen and oxygen atoms in total. The lowest BCUT2D eigenvalue weighted by Crippen LogP contribution is -2.07. The van der Waals surface area contributed by atoms with Crippen molar-refractivity contribution in [2.45, 2.75) is 26.2 Å². The minimum atomic E-state index is 0.0219. The van der Waals surface area contributed by atoms with E-state index >= 15 is 0 Å². The Morgan fingerprint density at radius 1 is 1.00 bits per heavy atom. The van der Waals surface area contributed by atoms with E-state index in [0.717, 1.165) is 12.0 Å². The molecule has 1 unspecified atom stereocenters. The molecule has 0 heterocycles. The molecular weight excluding hydrogens is 220 g/mol. The molecule has 0 radical (unpaired) electrons. The van der Waals surface area contributed by atoms with Crippen LogP contribution in [0, 0.1) is 0 Å². The van der Waals surface area contributed by atoms with Crippen LogP contribution in [0.25, 0.3) is 11.1 Å². The fourth-order valence-corrected chi connectivity index (χ4v) is 2.32. The molecule has 1 atom stereocenters. The summed E-state index contributed by atoms with van der Waals surface area (Å²) in [5.74, 6) is 0.261. The third-order valence-corrected chi connectivity index (χ3v) is 3.30. The second kappa shape index (κ2) is 5.63. The first kappa shape index (κ1) is 12.6. The predicted molar refractivity (Wildman–Crippen MR) is 75.6 cm³/mol. The summed E-state index contributed by atoms with van der Waals surface area (Å²) in [6.07, 6.45) is 0.855. The second-order valence-electron chi connectivity index (χ2n) is 4.56. The van der Waals surface area contributed by atoms with E-state index in [1.807, 2.05) is 30.3 Å². The van der Waals surface area contributed by atoms with Crippen LogP contribution in [-0.4, -0.2) is 5.78 Å². The average Bonchev–Trinajstić information content (AvgIpc) is 2.40. The molecule has 0 amide bonds. The minimum Gasteiger partial charge on any atom is -0.299 e. The molecule has 0 bridgehead atoms. The quantitative estimate of drug-likeness (QED) is 0.769. The standard InChI is InChI=1S/C17H18O/c1-3-17(13(2)18)16-11-7-10-15(12-16)14-8-5-4-6-9-14/h4-12,17H,3H2,1-2H3. The Bertz CT molecular complexity index is 528. The Hall–Kier alpha value is -1.89. The van der Waals surface area contributed by atoms with Gasteiger partial charge in [-0.1, -0.05) is 61.5 Å². The molecule has 0 aliphatic carbocycles. The third-order valence-electron chi connectivity index (χ3n) is 3.30. The highest BCUT2D eigenvalue weighted by atomic mass is 16.1. The molecule has 92 valence electrons. The van der Waals surface area contributed by atoms with Gasteiger partial charge in [0.2, 0.25) is 0 Å². The SMILES string of the molecule is CCC(C(C)=O)c1cccc(-c2ccccc2)c1. The number of benzene rings is 2. The van der Waals surface area contributed by atoms with Crippen LogP contribution in [0.15, 0.2) is 54.6 Å². The Morgan fingerprint density at radius 2 is 1.67 bits per heavy atom. The molecule has 0 aromatic heterocycles. The van der Waals surface area contributed by atoms with Crippen molar-refractivity contribution >= 4 is 5.78 Å². The monoisotopic (exact) mass is 238 g/mol. The fourth-order valence-electron chi connectivity index (χ4n) is 2.32. The van der Waals surface area contributed by atoms with Gasteiger partial charge in [0.25, 0.3) is 0 Å². The van der Waals surface area contributed by atoms with Crippen LogP contribution >= 0.6 is 0 Å². The minimum absolute atomic E-state index is 0.0219. The lowest BCUT2D eigenvalue weighted by molar-refractivity contribution is -0.118. The first-order valence-electron chi connectivity index (χ1n) is 6.38. The number of carbonyl (C=O) groups excluding carboxylic acids is 1. The number of rotatable bonds is 4. The van der Waals surface area contributed by atoms with Crippen LogP contribution in [0.5, 0.6) is 0 Å². The molecule has 2 rings (SSSR count). The van der Waals surface area contributed by atoms with Crippen LogP contribution < -0.4 is 0 Å². The van der Waals surface area contributed by atoms with Gasteiger partial charge < -0.3 is 0 Å². The average molecular weight is 238 g/mol. The zero-order valence-electron chi connectivity index (χ0n) is 10.9. The van der Waals surface area contributed by atoms with Gasteiger partial charge in [-0.15, -0.1) is 0 Å². The van der Waals surface area contributed by atoms with Gasteiger partial charge in [-0.05, 0) is 30.0 Å². The van der Waals surface area contributed by atoms with E-state index in [0.29, 0.717) is 0 Å². The molecule has 0 aliphatic heterocycles. The lowest BCUT2D eigenvalue weighted by Gasteiger charge is -2.13. The van der Waals surface area contributed by atoms with Crippen molar-refractivity contribution in [1.29, 1.82) is 0 Å². The van der Waals surface area contributed by atoms with Crippen LogP contribution in [0.3, 0.4) is 0 Å². The highest BCUT2D eigenvalue weighted by Gasteiger charge is 2.14. The molecule has 2 aromatic rings. The molecule has 18 heavy (non-hydrogen) atoms. The van der Waals surface area contributed by atoms with Crippen LogP contribution in [0.1, 0.15) is 31.7 Å². The van der Waals surface area contributed by atoms with Gasteiger partial charge in [-0.3, -0.25) is 4.79 Å². The lowest BCUT2D eigenvalue weighted by atomic mass is 9.90. The van der Waals surface area contributed by atoms with E-state index in [1.54, 1.807) is 6.92 Å². The predicted octanol–water partition coefficient (Wildman–Crippen LogP) is 4.44. The van der Waals surface area contributed by atoms with Gasteiger partial charge in [-0.2, -0.15) is 0 Å². The maximum atomic E-state index is 11.6. The van der Waals surface area contributed by atoms with Crippen LogP contribution in [0.2, 0.25) is 0 Å². The Kier molecular flexibility index (Phi) is 3.93. The topological polar surface area (TPSA) is 17.1 Å². The summed E-state index contributed by atoms with van der Waals surface area (Å²) in [7, 11) is 0. The molecule has 0 aliphatic rings. The number of Topliss-reactive ketones (excluding diaryl/α,β-unsaturated/α-hetero) is 1. The summed E-state index contributed by atoms with van der Waals surface area (Å²) in [6, 6.07) is 18.6. The zero-order valence-corrected chi connectivity index (χ0v) is 10.9. The van der Waals surface area contributed by atoms with Gasteiger partial charge in [-0.25, -0.2) is 0 Å². The summed E-state index contributed by atoms with van der Waals surface area (Å²) in [5, 5.41) is 0. The van der Waals surface area contributed by atoms with E-state index in [-0.39, 0.29) is 11.7 Å². The molecular formula is C17H18O. The Balaban J connectivity index is 2.39. The molecule has 2 aromatic carbocycles. The maximum absolute atomic E-state index is 11.6. The first-order valence-corrected chi connectivity index (χ1v) is 6.38. The fraction of sp³-hybridized carbons (Fsp3) is 0.235.